The summed E-state index contributed by atoms with van der Waals surface area (Å²) >= 11 is 0. The Kier molecular flexibility index (Phi) is 6.70. The predicted molar refractivity (Wildman–Crippen MR) is 114 cm³/mol. The molecule has 0 atom stereocenters. The molecule has 31 heavy (non-hydrogen) atoms. The summed E-state index contributed by atoms with van der Waals surface area (Å²) in [6, 6.07) is 12.8. The lowest BCUT2D eigenvalue weighted by atomic mass is 10.2. The highest BCUT2D eigenvalue weighted by Crippen LogP contribution is 2.21. The zero-order valence-corrected chi connectivity index (χ0v) is 16.2. The number of halogens is 1. The van der Waals surface area contributed by atoms with Crippen LogP contribution in [0.4, 0.5) is 27.5 Å². The Hall–Kier alpha value is -4.52. The average Bonchev–Trinajstić information content (AvgIpc) is 2.72. The van der Waals surface area contributed by atoms with Crippen LogP contribution in [0, 0.1) is 12.4 Å². The number of carbonyl (C=O) groups is 2. The molecule has 2 aromatic carbocycles. The highest BCUT2D eigenvalue weighted by Gasteiger charge is 2.13. The van der Waals surface area contributed by atoms with Gasteiger partial charge in [0.25, 0.3) is 12.5 Å². The lowest BCUT2D eigenvalue weighted by Crippen LogP contribution is -2.17. The number of hydrogen-bond acceptors (Lipinski definition) is 6. The summed E-state index contributed by atoms with van der Waals surface area (Å²) in [4.78, 5) is 34.7. The minimum atomic E-state index is -0.710. The molecule has 1 aromatic heterocycles. The van der Waals surface area contributed by atoms with Crippen LogP contribution in [-0.4, -0.2) is 28.3 Å². The quantitative estimate of drug-likeness (QED) is 0.416. The number of benzene rings is 2. The zero-order chi connectivity index (χ0) is 22.2. The van der Waals surface area contributed by atoms with Crippen molar-refractivity contribution < 1.29 is 14.0 Å². The second-order valence-corrected chi connectivity index (χ2v) is 6.37. The van der Waals surface area contributed by atoms with Gasteiger partial charge in [0, 0.05) is 24.1 Å². The van der Waals surface area contributed by atoms with Crippen molar-refractivity contribution in [2.45, 2.75) is 6.54 Å². The van der Waals surface area contributed by atoms with Crippen molar-refractivity contribution in [3.8, 4) is 0 Å². The van der Waals surface area contributed by atoms with Gasteiger partial charge in [-0.25, -0.2) is 15.9 Å². The van der Waals surface area contributed by atoms with E-state index in [1.54, 1.807) is 36.4 Å². The molecule has 10 heteroatoms. The monoisotopic (exact) mass is 419 g/mol. The molecule has 0 radical (unpaired) electrons. The topological polar surface area (TPSA) is 126 Å². The summed E-state index contributed by atoms with van der Waals surface area (Å²) in [5.74, 6) is -1.13. The van der Waals surface area contributed by atoms with Crippen molar-refractivity contribution in [3.63, 3.8) is 0 Å². The Morgan fingerprint density at radius 2 is 1.90 bits per heavy atom. The Bertz CT molecular complexity index is 1160. The van der Waals surface area contributed by atoms with Gasteiger partial charge < -0.3 is 26.5 Å². The van der Waals surface area contributed by atoms with Gasteiger partial charge in [-0.2, -0.15) is 4.98 Å². The maximum Gasteiger partial charge on any atom is 0.304 e. The number of aromatic nitrogens is 2. The van der Waals surface area contributed by atoms with Gasteiger partial charge in [-0.1, -0.05) is 18.2 Å². The molecule has 0 aliphatic heterocycles. The van der Waals surface area contributed by atoms with Crippen LogP contribution in [0.2, 0.25) is 0 Å². The Morgan fingerprint density at radius 3 is 2.65 bits per heavy atom. The molecule has 2 amide bonds. The van der Waals surface area contributed by atoms with Gasteiger partial charge in [-0.3, -0.25) is 9.59 Å². The van der Waals surface area contributed by atoms with E-state index in [0.29, 0.717) is 16.9 Å². The van der Waals surface area contributed by atoms with Gasteiger partial charge in [-0.05, 0) is 35.9 Å². The van der Waals surface area contributed by atoms with E-state index in [1.807, 2.05) is 0 Å². The molecule has 0 saturated carbocycles. The molecule has 0 saturated heterocycles. The Morgan fingerprint density at radius 1 is 1.13 bits per heavy atom. The molecular weight excluding hydrogens is 401 g/mol. The molecule has 156 valence electrons. The van der Waals surface area contributed by atoms with Gasteiger partial charge >= 0.3 is 5.91 Å². The summed E-state index contributed by atoms with van der Waals surface area (Å²) in [5.41, 5.74) is 7.21. The number of hydrogen-bond donors (Lipinski definition) is 4. The highest BCUT2D eigenvalue weighted by molar-refractivity contribution is 5.97. The van der Waals surface area contributed by atoms with Crippen LogP contribution in [-0.2, 0) is 11.3 Å². The summed E-state index contributed by atoms with van der Waals surface area (Å²) in [7, 11) is 0. The van der Waals surface area contributed by atoms with Gasteiger partial charge in [-0.15, -0.1) is 0 Å². The van der Waals surface area contributed by atoms with Gasteiger partial charge in [0.1, 0.15) is 11.6 Å². The van der Waals surface area contributed by atoms with E-state index in [1.165, 1.54) is 18.3 Å². The number of rotatable bonds is 8. The lowest BCUT2D eigenvalue weighted by molar-refractivity contribution is -0.114. The molecule has 0 fully saturated rings. The minimum Gasteiger partial charge on any atom is -0.365 e. The number of amides is 2. The van der Waals surface area contributed by atoms with E-state index in [9.17, 15) is 14.0 Å². The number of nitrogens with zero attached hydrogens (tertiary/aromatic N) is 3. The van der Waals surface area contributed by atoms with E-state index < -0.39 is 11.8 Å². The second-order valence-electron chi connectivity index (χ2n) is 6.37. The first-order valence-corrected chi connectivity index (χ1v) is 9.10. The largest absolute Gasteiger partial charge is 0.365 e. The maximum atomic E-state index is 13.4. The third kappa shape index (κ3) is 5.98. The van der Waals surface area contributed by atoms with Crippen molar-refractivity contribution in [1.82, 2.24) is 9.97 Å². The van der Waals surface area contributed by atoms with E-state index in [-0.39, 0.29) is 36.2 Å². The number of anilines is 4. The van der Waals surface area contributed by atoms with Crippen LogP contribution in [0.3, 0.4) is 0 Å². The zero-order valence-electron chi connectivity index (χ0n) is 16.2. The summed E-state index contributed by atoms with van der Waals surface area (Å²) in [6.45, 7) is 6.69. The second kappa shape index (κ2) is 9.80. The van der Waals surface area contributed by atoms with Crippen molar-refractivity contribution in [1.29, 1.82) is 0 Å². The van der Waals surface area contributed by atoms with Crippen LogP contribution < -0.4 is 21.7 Å². The highest BCUT2D eigenvalue weighted by atomic mass is 19.1. The predicted octanol–water partition coefficient (Wildman–Crippen LogP) is 2.93. The fraction of sp³-hybridized carbons (Fsp3) is 0.0952. The van der Waals surface area contributed by atoms with Crippen LogP contribution in [0.25, 0.3) is 4.85 Å². The molecule has 1 heterocycles. The molecule has 0 aliphatic carbocycles. The molecule has 3 aromatic rings. The SMILES string of the molecule is [C-]#[N+]CC(=O)Nc1cccc(Nc2ncc(C(N)=O)c(NCc3cccc(F)c3)n2)c1. The first-order chi connectivity index (χ1) is 14.9. The van der Waals surface area contributed by atoms with Gasteiger partial charge in [0.2, 0.25) is 5.95 Å². The van der Waals surface area contributed by atoms with Crippen LogP contribution in [0.5, 0.6) is 0 Å². The number of nitrogens with two attached hydrogens (primary N) is 1. The van der Waals surface area contributed by atoms with Crippen molar-refractivity contribution in [2.75, 3.05) is 22.5 Å². The third-order valence-electron chi connectivity index (χ3n) is 4.03. The summed E-state index contributed by atoms with van der Waals surface area (Å²) in [5, 5.41) is 8.56. The van der Waals surface area contributed by atoms with E-state index in [2.05, 4.69) is 30.8 Å². The lowest BCUT2D eigenvalue weighted by Gasteiger charge is -2.12. The van der Waals surface area contributed by atoms with Crippen molar-refractivity contribution >= 4 is 35.0 Å². The molecule has 9 nitrogen and oxygen atoms in total. The molecule has 0 spiro atoms. The van der Waals surface area contributed by atoms with Crippen molar-refractivity contribution in [3.05, 3.63) is 83.1 Å². The number of primary amides is 1. The third-order valence-corrected chi connectivity index (χ3v) is 4.03. The van der Waals surface area contributed by atoms with Crippen LogP contribution in [0.1, 0.15) is 15.9 Å². The molecule has 0 aliphatic rings. The molecule has 0 bridgehead atoms. The maximum absolute atomic E-state index is 13.4. The van der Waals surface area contributed by atoms with Crippen molar-refractivity contribution in [2.24, 2.45) is 5.73 Å². The summed E-state index contributed by atoms with van der Waals surface area (Å²) < 4.78 is 13.4. The van der Waals surface area contributed by atoms with Crippen LogP contribution in [0.15, 0.2) is 54.7 Å². The molecule has 5 N–H and O–H groups in total. The first kappa shape index (κ1) is 21.2. The number of nitrogens with one attached hydrogen (secondary N) is 3. The van der Waals surface area contributed by atoms with E-state index in [4.69, 9.17) is 12.3 Å². The van der Waals surface area contributed by atoms with Gasteiger partial charge in [0.15, 0.2) is 0 Å². The summed E-state index contributed by atoms with van der Waals surface area (Å²) in [6.07, 6.45) is 1.28. The Labute approximate surface area is 177 Å². The first-order valence-electron chi connectivity index (χ1n) is 9.10. The van der Waals surface area contributed by atoms with Crippen LogP contribution >= 0.6 is 0 Å². The number of carbonyl (C=O) groups excluding carboxylic acids is 2. The fourth-order valence-corrected chi connectivity index (χ4v) is 2.67. The molecule has 0 unspecified atom stereocenters. The van der Waals surface area contributed by atoms with E-state index in [0.717, 1.165) is 0 Å². The molecule has 3 rings (SSSR count). The normalized spacial score (nSPS) is 10.1. The Balaban J connectivity index is 1.78. The van der Waals surface area contributed by atoms with E-state index >= 15 is 0 Å². The van der Waals surface area contributed by atoms with Gasteiger partial charge in [0.05, 0.1) is 5.56 Å². The smallest absolute Gasteiger partial charge is 0.304 e. The minimum absolute atomic E-state index is 0.0853. The fourth-order valence-electron chi connectivity index (χ4n) is 2.67. The molecular formula is C21H18FN7O2. The standard InChI is InChI=1S/C21H18FN7O2/c1-24-12-18(30)27-15-6-3-7-16(9-15)28-21-26-11-17(19(23)31)20(29-21)25-10-13-4-2-5-14(22)8-13/h2-9,11H,10,12H2,(H2,23,31)(H,27,30)(H2,25,26,28,29). The average molecular weight is 419 g/mol.